The molecule has 0 amide bonds. The molecule has 0 aromatic heterocycles. The molecule has 0 aliphatic rings. The van der Waals surface area contributed by atoms with E-state index in [2.05, 4.69) is 9.73 Å². The van der Waals surface area contributed by atoms with E-state index in [1.807, 2.05) is 0 Å². The van der Waals surface area contributed by atoms with Crippen LogP contribution in [0.4, 0.5) is 17.3 Å². The maximum atomic E-state index is 11.0. The molecule has 22 heavy (non-hydrogen) atoms. The Morgan fingerprint density at radius 2 is 1.91 bits per heavy atom. The summed E-state index contributed by atoms with van der Waals surface area (Å²) in [5.41, 5.74) is 0. The first kappa shape index (κ1) is 22.0. The van der Waals surface area contributed by atoms with Crippen LogP contribution in [-0.2, 0) is 14.3 Å². The van der Waals surface area contributed by atoms with Crippen molar-refractivity contribution in [3.05, 3.63) is 0 Å². The highest BCUT2D eigenvalue weighted by Gasteiger charge is 2.20. The standard InChI is InChI=1S/C10H17N4O3.BF4/c1-5-16-9(15)6-12-8-14(4)10(13(2)3)17-7-11;2-1(3,4)5/h6H,5,8H2,1-4H3;/q+1;-1. The summed E-state index contributed by atoms with van der Waals surface area (Å²) in [4.78, 5) is 16.4. The molecule has 0 radical (unpaired) electrons. The van der Waals surface area contributed by atoms with E-state index in [-0.39, 0.29) is 6.67 Å². The molecule has 12 heteroatoms. The molecule has 0 atom stereocenters. The smallest absolute Gasteiger partial charge is 0.462 e. The van der Waals surface area contributed by atoms with Gasteiger partial charge in [0.2, 0.25) is 0 Å². The third kappa shape index (κ3) is 15.7. The van der Waals surface area contributed by atoms with Gasteiger partial charge < -0.3 is 26.7 Å². The minimum absolute atomic E-state index is 0.188. The molecule has 0 saturated heterocycles. The number of esters is 1. The van der Waals surface area contributed by atoms with E-state index in [0.29, 0.717) is 12.6 Å². The van der Waals surface area contributed by atoms with Gasteiger partial charge in [-0.05, 0) is 6.92 Å². The van der Waals surface area contributed by atoms with Gasteiger partial charge in [-0.25, -0.2) is 19.3 Å². The molecule has 0 aromatic carbocycles. The predicted octanol–water partition coefficient (Wildman–Crippen LogP) is 0.935. The fourth-order valence-electron chi connectivity index (χ4n) is 1.03. The van der Waals surface area contributed by atoms with Crippen LogP contribution in [0.15, 0.2) is 4.99 Å². The second kappa shape index (κ2) is 11.4. The van der Waals surface area contributed by atoms with Crippen LogP contribution in [0.3, 0.4) is 0 Å². The Hall–Kier alpha value is -2.32. The molecule has 0 heterocycles. The molecule has 0 bridgehead atoms. The monoisotopic (exact) mass is 328 g/mol. The normalized spacial score (nSPS) is 10.1. The number of aliphatic imine (C=N–C) groups is 1. The van der Waals surface area contributed by atoms with Crippen molar-refractivity contribution in [1.82, 2.24) is 4.90 Å². The van der Waals surface area contributed by atoms with E-state index >= 15 is 0 Å². The van der Waals surface area contributed by atoms with Gasteiger partial charge in [0, 0.05) is 0 Å². The second-order valence-electron chi connectivity index (χ2n) is 3.77. The molecule has 0 saturated carbocycles. The van der Waals surface area contributed by atoms with Crippen LogP contribution >= 0.6 is 0 Å². The van der Waals surface area contributed by atoms with Gasteiger partial charge in [-0.2, -0.15) is 0 Å². The minimum atomic E-state index is -6.00. The molecule has 0 rings (SSSR count). The van der Waals surface area contributed by atoms with Crippen molar-refractivity contribution < 1.29 is 36.1 Å². The van der Waals surface area contributed by atoms with Crippen LogP contribution in [0.25, 0.3) is 0 Å². The molecule has 0 aliphatic heterocycles. The summed E-state index contributed by atoms with van der Waals surface area (Å²) in [7, 11) is -0.842. The number of carbonyl (C=O) groups is 1. The van der Waals surface area contributed by atoms with E-state index in [9.17, 15) is 22.1 Å². The van der Waals surface area contributed by atoms with Crippen molar-refractivity contribution in [3.8, 4) is 6.26 Å². The quantitative estimate of drug-likeness (QED) is 0.146. The largest absolute Gasteiger partial charge is 0.673 e. The SMILES string of the molecule is CCOC(=O)C=NCN(C)C(OC#N)=[N+](C)C.F[B-](F)(F)F. The van der Waals surface area contributed by atoms with Crippen molar-refractivity contribution in [2.75, 3.05) is 34.4 Å². The van der Waals surface area contributed by atoms with Crippen molar-refractivity contribution in [1.29, 1.82) is 5.26 Å². The van der Waals surface area contributed by atoms with E-state index in [1.54, 1.807) is 43.8 Å². The van der Waals surface area contributed by atoms with E-state index in [0.717, 1.165) is 6.21 Å². The number of rotatable bonds is 4. The zero-order valence-corrected chi connectivity index (χ0v) is 12.6. The number of nitrogens with zero attached hydrogens (tertiary/aromatic N) is 4. The lowest BCUT2D eigenvalue weighted by atomic mass is 10.3. The summed E-state index contributed by atoms with van der Waals surface area (Å²) in [6.45, 7) is 2.22. The van der Waals surface area contributed by atoms with Crippen molar-refractivity contribution in [2.24, 2.45) is 4.99 Å². The molecule has 126 valence electrons. The minimum Gasteiger partial charge on any atom is -0.462 e. The highest BCUT2D eigenvalue weighted by Crippen LogP contribution is 2.06. The van der Waals surface area contributed by atoms with Gasteiger partial charge in [-0.3, -0.25) is 0 Å². The first-order valence-corrected chi connectivity index (χ1v) is 5.88. The Balaban J connectivity index is 0. The second-order valence-corrected chi connectivity index (χ2v) is 3.77. The van der Waals surface area contributed by atoms with Gasteiger partial charge in [0.15, 0.2) is 6.67 Å². The Labute approximate surface area is 125 Å². The lowest BCUT2D eigenvalue weighted by Gasteiger charge is -2.09. The lowest BCUT2D eigenvalue weighted by Crippen LogP contribution is -2.34. The number of hydrogen-bond acceptors (Lipinski definition) is 5. The number of hydrogen-bond donors (Lipinski definition) is 0. The van der Waals surface area contributed by atoms with Crippen LogP contribution in [0, 0.1) is 11.5 Å². The van der Waals surface area contributed by atoms with Crippen LogP contribution in [0.1, 0.15) is 6.92 Å². The summed E-state index contributed by atoms with van der Waals surface area (Å²) in [5.74, 6) is -0.492. The van der Waals surface area contributed by atoms with Gasteiger partial charge in [0.1, 0.15) is 6.21 Å². The van der Waals surface area contributed by atoms with Crippen molar-refractivity contribution >= 4 is 25.5 Å². The molecule has 0 fully saturated rings. The van der Waals surface area contributed by atoms with Crippen molar-refractivity contribution in [2.45, 2.75) is 6.92 Å². The Morgan fingerprint density at radius 3 is 2.27 bits per heavy atom. The first-order valence-electron chi connectivity index (χ1n) is 5.88. The third-order valence-corrected chi connectivity index (χ3v) is 1.62. The summed E-state index contributed by atoms with van der Waals surface area (Å²) in [6.07, 6.45) is 2.68. The maximum Gasteiger partial charge on any atom is 0.673 e. The first-order chi connectivity index (χ1) is 10.0. The lowest BCUT2D eigenvalue weighted by molar-refractivity contribution is -0.479. The maximum absolute atomic E-state index is 11.0. The Kier molecular flexibility index (Phi) is 11.3. The Morgan fingerprint density at radius 1 is 1.41 bits per heavy atom. The molecule has 0 spiro atoms. The summed E-state index contributed by atoms with van der Waals surface area (Å²) >= 11 is 0. The molecule has 0 N–H and O–H groups in total. The fourth-order valence-corrected chi connectivity index (χ4v) is 1.03. The molecule has 0 aromatic rings. The molecule has 0 aliphatic carbocycles. The highest BCUT2D eigenvalue weighted by molar-refractivity contribution is 6.50. The van der Waals surface area contributed by atoms with Gasteiger partial charge in [-0.1, -0.05) is 0 Å². The van der Waals surface area contributed by atoms with Crippen LogP contribution in [-0.4, -0.2) is 69.4 Å². The fraction of sp³-hybridized carbons (Fsp3) is 0.600. The number of amidine groups is 1. The molecular formula is C10H17BF4N4O3. The van der Waals surface area contributed by atoms with Gasteiger partial charge in [0.05, 0.1) is 27.7 Å². The predicted molar refractivity (Wildman–Crippen MR) is 71.8 cm³/mol. The third-order valence-electron chi connectivity index (χ3n) is 1.62. The summed E-state index contributed by atoms with van der Waals surface area (Å²) < 4.78 is 50.1. The van der Waals surface area contributed by atoms with Gasteiger partial charge in [-0.15, -0.1) is 5.26 Å². The molecule has 7 nitrogen and oxygen atoms in total. The number of ether oxygens (including phenoxy) is 2. The van der Waals surface area contributed by atoms with E-state index in [1.165, 1.54) is 0 Å². The average molecular weight is 328 g/mol. The van der Waals surface area contributed by atoms with E-state index in [4.69, 9.17) is 10.00 Å². The number of carbonyl (C=O) groups excluding carboxylic acids is 1. The zero-order chi connectivity index (χ0) is 17.8. The average Bonchev–Trinajstić information content (AvgIpc) is 2.33. The topological polar surface area (TPSA) is 77.9 Å². The summed E-state index contributed by atoms with van der Waals surface area (Å²) in [5, 5.41) is 8.46. The van der Waals surface area contributed by atoms with Crippen LogP contribution in [0.5, 0.6) is 0 Å². The number of nitriles is 1. The molecule has 0 unspecified atom stereocenters. The number of halogens is 4. The van der Waals surface area contributed by atoms with Gasteiger partial charge >= 0.3 is 19.2 Å². The van der Waals surface area contributed by atoms with Gasteiger partial charge in [0.25, 0.3) is 6.26 Å². The highest BCUT2D eigenvalue weighted by atomic mass is 19.5. The van der Waals surface area contributed by atoms with Crippen LogP contribution < -0.4 is 0 Å². The molecular weight excluding hydrogens is 311 g/mol. The van der Waals surface area contributed by atoms with E-state index < -0.39 is 13.2 Å². The van der Waals surface area contributed by atoms with Crippen LogP contribution in [0.2, 0.25) is 0 Å². The zero-order valence-electron chi connectivity index (χ0n) is 12.6. The Bertz CT molecular complexity index is 438. The van der Waals surface area contributed by atoms with Crippen molar-refractivity contribution in [3.63, 3.8) is 0 Å². The summed E-state index contributed by atoms with van der Waals surface area (Å²) in [6, 6.07) is 0.341.